The van der Waals surface area contributed by atoms with Crippen LogP contribution in [0.2, 0.25) is 0 Å². The number of hydrogen-bond donors (Lipinski definition) is 2. The Kier molecular flexibility index (Phi) is 4.97. The lowest BCUT2D eigenvalue weighted by Gasteiger charge is -2.17. The number of aromatic hydroxyl groups is 1. The highest BCUT2D eigenvalue weighted by atomic mass is 16.5. The molecule has 1 aliphatic heterocycles. The van der Waals surface area contributed by atoms with Crippen molar-refractivity contribution in [1.29, 1.82) is 0 Å². The Morgan fingerprint density at radius 2 is 1.92 bits per heavy atom. The van der Waals surface area contributed by atoms with E-state index in [1.54, 1.807) is 6.07 Å². The van der Waals surface area contributed by atoms with Crippen molar-refractivity contribution in [1.82, 2.24) is 5.32 Å². The topological polar surface area (TPSA) is 77.0 Å². The minimum Gasteiger partial charge on any atom is -0.507 e. The van der Waals surface area contributed by atoms with Crippen LogP contribution in [-0.4, -0.2) is 31.3 Å². The molecule has 0 bridgehead atoms. The van der Waals surface area contributed by atoms with Crippen molar-refractivity contribution in [2.45, 2.75) is 19.4 Å². The van der Waals surface area contributed by atoms with Crippen molar-refractivity contribution in [3.63, 3.8) is 0 Å². The number of carbonyl (C=O) groups excluding carboxylic acids is 1. The minimum absolute atomic E-state index is 0.122. The van der Waals surface area contributed by atoms with Crippen LogP contribution in [0.25, 0.3) is 0 Å². The third-order valence-corrected chi connectivity index (χ3v) is 4.07. The summed E-state index contributed by atoms with van der Waals surface area (Å²) in [4.78, 5) is 12.4. The van der Waals surface area contributed by atoms with E-state index >= 15 is 0 Å². The smallest absolute Gasteiger partial charge is 0.255 e. The first-order valence-corrected chi connectivity index (χ1v) is 8.16. The van der Waals surface area contributed by atoms with Gasteiger partial charge < -0.3 is 24.6 Å². The molecule has 6 nitrogen and oxygen atoms in total. The lowest BCUT2D eigenvalue weighted by molar-refractivity contribution is 0.0937. The standard InChI is InChI=1S/C19H21NO5/c1-12(13-4-7-17-18(10-13)25-9-3-8-24-17)20-19(22)15-6-5-14(23-2)11-16(15)21/h4-7,10-12,21H,3,8-9H2,1-2H3,(H,20,22)/t12-/m0/s1. The predicted molar refractivity (Wildman–Crippen MR) is 92.6 cm³/mol. The second-order valence-corrected chi connectivity index (χ2v) is 5.83. The van der Waals surface area contributed by atoms with Gasteiger partial charge in [0.2, 0.25) is 0 Å². The van der Waals surface area contributed by atoms with Gasteiger partial charge in [0.15, 0.2) is 11.5 Å². The SMILES string of the molecule is COc1ccc(C(=O)N[C@@H](C)c2ccc3c(c2)OCCCO3)c(O)c1. The Morgan fingerprint density at radius 3 is 2.64 bits per heavy atom. The lowest BCUT2D eigenvalue weighted by Crippen LogP contribution is -2.26. The fraction of sp³-hybridized carbons (Fsp3) is 0.316. The van der Waals surface area contributed by atoms with E-state index in [1.807, 2.05) is 25.1 Å². The molecule has 0 radical (unpaired) electrons. The van der Waals surface area contributed by atoms with E-state index in [4.69, 9.17) is 14.2 Å². The maximum absolute atomic E-state index is 12.4. The number of phenolic OH excluding ortho intramolecular Hbond substituents is 1. The number of nitrogens with one attached hydrogen (secondary N) is 1. The molecule has 25 heavy (non-hydrogen) atoms. The van der Waals surface area contributed by atoms with E-state index in [0.717, 1.165) is 12.0 Å². The van der Waals surface area contributed by atoms with E-state index < -0.39 is 0 Å². The van der Waals surface area contributed by atoms with Crippen molar-refractivity contribution >= 4 is 5.91 Å². The predicted octanol–water partition coefficient (Wildman–Crippen LogP) is 3.05. The maximum atomic E-state index is 12.4. The molecular weight excluding hydrogens is 322 g/mol. The fourth-order valence-electron chi connectivity index (χ4n) is 2.64. The molecular formula is C19H21NO5. The van der Waals surface area contributed by atoms with Crippen LogP contribution >= 0.6 is 0 Å². The number of ether oxygens (including phenoxy) is 3. The second-order valence-electron chi connectivity index (χ2n) is 5.83. The van der Waals surface area contributed by atoms with E-state index in [9.17, 15) is 9.90 Å². The number of phenols is 1. The average Bonchev–Trinajstić information content (AvgIpc) is 2.85. The zero-order valence-electron chi connectivity index (χ0n) is 14.2. The van der Waals surface area contributed by atoms with Crippen molar-refractivity contribution in [2.75, 3.05) is 20.3 Å². The Bertz CT molecular complexity index is 774. The highest BCUT2D eigenvalue weighted by Gasteiger charge is 2.18. The molecule has 1 atom stereocenters. The first-order chi connectivity index (χ1) is 12.1. The highest BCUT2D eigenvalue weighted by Crippen LogP contribution is 2.32. The van der Waals surface area contributed by atoms with Crippen molar-refractivity contribution in [3.8, 4) is 23.0 Å². The van der Waals surface area contributed by atoms with Gasteiger partial charge in [-0.3, -0.25) is 4.79 Å². The molecule has 2 aromatic rings. The fourth-order valence-corrected chi connectivity index (χ4v) is 2.64. The van der Waals surface area contributed by atoms with Gasteiger partial charge in [0, 0.05) is 12.5 Å². The third-order valence-electron chi connectivity index (χ3n) is 4.07. The van der Waals surface area contributed by atoms with Crippen molar-refractivity contribution in [2.24, 2.45) is 0 Å². The van der Waals surface area contributed by atoms with Crippen LogP contribution in [-0.2, 0) is 0 Å². The summed E-state index contributed by atoms with van der Waals surface area (Å²) in [5.74, 6) is 1.41. The van der Waals surface area contributed by atoms with Crippen LogP contribution in [0.15, 0.2) is 36.4 Å². The Morgan fingerprint density at radius 1 is 1.16 bits per heavy atom. The molecule has 132 valence electrons. The maximum Gasteiger partial charge on any atom is 0.255 e. The van der Waals surface area contributed by atoms with Crippen LogP contribution in [0.4, 0.5) is 0 Å². The number of rotatable bonds is 4. The molecule has 0 saturated heterocycles. The summed E-state index contributed by atoms with van der Waals surface area (Å²) in [5.41, 5.74) is 1.09. The number of amides is 1. The Labute approximate surface area is 146 Å². The number of fused-ring (bicyclic) bond motifs is 1. The first kappa shape index (κ1) is 17.0. The molecule has 0 aromatic heterocycles. The van der Waals surface area contributed by atoms with Gasteiger partial charge in [0.1, 0.15) is 11.5 Å². The molecule has 0 spiro atoms. The summed E-state index contributed by atoms with van der Waals surface area (Å²) in [6, 6.07) is 9.94. The van der Waals surface area contributed by atoms with Crippen LogP contribution in [0.5, 0.6) is 23.0 Å². The lowest BCUT2D eigenvalue weighted by atomic mass is 10.1. The monoisotopic (exact) mass is 343 g/mol. The Balaban J connectivity index is 1.74. The molecule has 0 saturated carbocycles. The minimum atomic E-state index is -0.361. The van der Waals surface area contributed by atoms with Crippen LogP contribution in [0.3, 0.4) is 0 Å². The summed E-state index contributed by atoms with van der Waals surface area (Å²) in [6.07, 6.45) is 0.840. The van der Waals surface area contributed by atoms with Gasteiger partial charge >= 0.3 is 0 Å². The molecule has 0 aliphatic carbocycles. The largest absolute Gasteiger partial charge is 0.507 e. The van der Waals surface area contributed by atoms with Crippen molar-refractivity contribution < 1.29 is 24.1 Å². The number of benzene rings is 2. The van der Waals surface area contributed by atoms with Gasteiger partial charge in [-0.25, -0.2) is 0 Å². The molecule has 0 fully saturated rings. The van der Waals surface area contributed by atoms with Gasteiger partial charge in [0.25, 0.3) is 5.91 Å². The normalized spacial score (nSPS) is 14.3. The second kappa shape index (κ2) is 7.34. The van der Waals surface area contributed by atoms with Crippen LogP contribution in [0, 0.1) is 0 Å². The van der Waals surface area contributed by atoms with E-state index in [0.29, 0.717) is 30.5 Å². The number of hydrogen-bond acceptors (Lipinski definition) is 5. The van der Waals surface area contributed by atoms with Gasteiger partial charge in [-0.2, -0.15) is 0 Å². The van der Waals surface area contributed by atoms with Gasteiger partial charge in [-0.15, -0.1) is 0 Å². The first-order valence-electron chi connectivity index (χ1n) is 8.16. The van der Waals surface area contributed by atoms with Crippen LogP contribution in [0.1, 0.15) is 35.3 Å². The average molecular weight is 343 g/mol. The zero-order valence-corrected chi connectivity index (χ0v) is 14.2. The summed E-state index contributed by atoms with van der Waals surface area (Å²) in [5, 5.41) is 12.9. The number of carbonyl (C=O) groups is 1. The number of methoxy groups -OCH3 is 1. The summed E-state index contributed by atoms with van der Waals surface area (Å²) >= 11 is 0. The Hall–Kier alpha value is -2.89. The molecule has 1 aliphatic rings. The molecule has 2 N–H and O–H groups in total. The van der Waals surface area contributed by atoms with E-state index in [1.165, 1.54) is 19.2 Å². The molecule has 1 amide bonds. The van der Waals surface area contributed by atoms with Gasteiger partial charge in [-0.05, 0) is 36.8 Å². The molecule has 2 aromatic carbocycles. The quantitative estimate of drug-likeness (QED) is 0.892. The third kappa shape index (κ3) is 3.79. The van der Waals surface area contributed by atoms with Crippen molar-refractivity contribution in [3.05, 3.63) is 47.5 Å². The molecule has 3 rings (SSSR count). The molecule has 0 unspecified atom stereocenters. The summed E-state index contributed by atoms with van der Waals surface area (Å²) < 4.78 is 16.3. The van der Waals surface area contributed by atoms with Gasteiger partial charge in [-0.1, -0.05) is 6.07 Å². The molecule has 6 heteroatoms. The summed E-state index contributed by atoms with van der Waals surface area (Å²) in [6.45, 7) is 3.12. The highest BCUT2D eigenvalue weighted by molar-refractivity contribution is 5.97. The molecule has 1 heterocycles. The summed E-state index contributed by atoms with van der Waals surface area (Å²) in [7, 11) is 1.50. The van der Waals surface area contributed by atoms with E-state index in [-0.39, 0.29) is 23.3 Å². The van der Waals surface area contributed by atoms with E-state index in [2.05, 4.69) is 5.32 Å². The van der Waals surface area contributed by atoms with Gasteiger partial charge in [0.05, 0.1) is 31.9 Å². The van der Waals surface area contributed by atoms with Crippen LogP contribution < -0.4 is 19.5 Å². The zero-order chi connectivity index (χ0) is 17.8.